The highest BCUT2D eigenvalue weighted by molar-refractivity contribution is 6.03. The van der Waals surface area contributed by atoms with E-state index in [1.807, 2.05) is 23.1 Å². The Morgan fingerprint density at radius 3 is 2.84 bits per heavy atom. The summed E-state index contributed by atoms with van der Waals surface area (Å²) in [5.41, 5.74) is 2.25. The summed E-state index contributed by atoms with van der Waals surface area (Å²) >= 11 is 0. The zero-order valence-electron chi connectivity index (χ0n) is 17.5. The molecule has 2 fully saturated rings. The van der Waals surface area contributed by atoms with E-state index in [-0.39, 0.29) is 23.5 Å². The van der Waals surface area contributed by atoms with E-state index >= 15 is 0 Å². The number of piperidine rings is 1. The van der Waals surface area contributed by atoms with E-state index < -0.39 is 0 Å². The fourth-order valence-electron chi connectivity index (χ4n) is 4.82. The van der Waals surface area contributed by atoms with Crippen molar-refractivity contribution in [2.24, 2.45) is 5.92 Å². The van der Waals surface area contributed by atoms with Gasteiger partial charge in [-0.25, -0.2) is 0 Å². The van der Waals surface area contributed by atoms with Crippen molar-refractivity contribution >= 4 is 28.4 Å². The zero-order chi connectivity index (χ0) is 21.2. The normalized spacial score (nSPS) is 20.1. The molecule has 1 saturated heterocycles. The molecule has 1 atom stereocenters. The largest absolute Gasteiger partial charge is 0.351 e. The Morgan fingerprint density at radius 1 is 1.10 bits per heavy atom. The lowest BCUT2D eigenvalue weighted by Gasteiger charge is -2.35. The molecule has 2 aliphatic rings. The van der Waals surface area contributed by atoms with Crippen LogP contribution >= 0.6 is 0 Å². The van der Waals surface area contributed by atoms with Crippen molar-refractivity contribution in [1.82, 2.24) is 20.3 Å². The summed E-state index contributed by atoms with van der Waals surface area (Å²) in [4.78, 5) is 27.6. The van der Waals surface area contributed by atoms with Gasteiger partial charge in [-0.05, 0) is 43.9 Å². The number of fused-ring (bicyclic) bond motifs is 1. The number of nitrogens with one attached hydrogen (secondary N) is 2. The van der Waals surface area contributed by atoms with Gasteiger partial charge in [-0.15, -0.1) is 0 Å². The fraction of sp³-hybridized carbons (Fsp3) is 0.478. The highest BCUT2D eigenvalue weighted by Crippen LogP contribution is 2.31. The van der Waals surface area contributed by atoms with Gasteiger partial charge in [0.25, 0.3) is 5.91 Å². The van der Waals surface area contributed by atoms with Crippen LogP contribution in [-0.4, -0.2) is 45.2 Å². The molecule has 3 aromatic rings. The van der Waals surface area contributed by atoms with Crippen LogP contribution in [0, 0.1) is 5.92 Å². The highest BCUT2D eigenvalue weighted by atomic mass is 16.5. The third-order valence-electron chi connectivity index (χ3n) is 6.56. The van der Waals surface area contributed by atoms with E-state index in [2.05, 4.69) is 20.7 Å². The Morgan fingerprint density at radius 2 is 1.97 bits per heavy atom. The average molecular weight is 422 g/mol. The van der Waals surface area contributed by atoms with Gasteiger partial charge in [0.2, 0.25) is 11.7 Å². The molecule has 2 N–H and O–H groups in total. The smallest absolute Gasteiger partial charge is 0.294 e. The van der Waals surface area contributed by atoms with E-state index in [0.29, 0.717) is 18.1 Å². The summed E-state index contributed by atoms with van der Waals surface area (Å²) < 4.78 is 5.35. The van der Waals surface area contributed by atoms with Crippen molar-refractivity contribution in [3.8, 4) is 0 Å². The maximum Gasteiger partial charge on any atom is 0.294 e. The number of hydrogen-bond acceptors (Lipinski definition) is 5. The molecule has 2 aromatic heterocycles. The molecular weight excluding hydrogens is 394 g/mol. The summed E-state index contributed by atoms with van der Waals surface area (Å²) in [6, 6.07) is 7.25. The van der Waals surface area contributed by atoms with Crippen LogP contribution in [0.2, 0.25) is 0 Å². The number of carbonyl (C=O) groups is 2. The third-order valence-corrected chi connectivity index (χ3v) is 6.56. The zero-order valence-corrected chi connectivity index (χ0v) is 17.5. The van der Waals surface area contributed by atoms with Crippen molar-refractivity contribution in [2.45, 2.75) is 50.9 Å². The summed E-state index contributed by atoms with van der Waals surface area (Å²) in [6.45, 7) is 1.46. The first-order valence-electron chi connectivity index (χ1n) is 11.2. The molecule has 0 radical (unpaired) electrons. The van der Waals surface area contributed by atoms with Crippen molar-refractivity contribution in [1.29, 1.82) is 0 Å². The number of carbonyl (C=O) groups excluding carboxylic acids is 2. The van der Waals surface area contributed by atoms with Crippen LogP contribution in [0.5, 0.6) is 0 Å². The lowest BCUT2D eigenvalue weighted by atomic mass is 9.87. The Hall–Kier alpha value is -3.16. The number of hydrogen-bond donors (Lipinski definition) is 2. The monoisotopic (exact) mass is 421 g/mol. The minimum Gasteiger partial charge on any atom is -0.351 e. The topological polar surface area (TPSA) is 104 Å². The minimum absolute atomic E-state index is 0.105. The van der Waals surface area contributed by atoms with Gasteiger partial charge < -0.3 is 14.7 Å². The van der Waals surface area contributed by atoms with Crippen LogP contribution in [-0.2, 0) is 4.79 Å². The van der Waals surface area contributed by atoms with Crippen LogP contribution in [0.15, 0.2) is 35.0 Å². The minimum atomic E-state index is -0.344. The summed E-state index contributed by atoms with van der Waals surface area (Å²) in [5, 5.41) is 14.9. The van der Waals surface area contributed by atoms with Crippen LogP contribution in [0.4, 0.5) is 5.69 Å². The van der Waals surface area contributed by atoms with Gasteiger partial charge in [-0.1, -0.05) is 24.4 Å². The number of amides is 2. The SMILES string of the molecule is O=C(Nc1ccc2cn[nH]c2c1)c1cc(C2CCCN(C(=O)C3CCCCC3)C2)no1. The predicted molar refractivity (Wildman–Crippen MR) is 116 cm³/mol. The molecule has 1 unspecified atom stereocenters. The molecule has 1 aliphatic carbocycles. The number of aromatic nitrogens is 3. The van der Waals surface area contributed by atoms with E-state index in [0.717, 1.165) is 61.7 Å². The maximum absolute atomic E-state index is 12.9. The van der Waals surface area contributed by atoms with Crippen LogP contribution in [0.3, 0.4) is 0 Å². The van der Waals surface area contributed by atoms with Gasteiger partial charge in [-0.2, -0.15) is 5.10 Å². The van der Waals surface area contributed by atoms with Crippen molar-refractivity contribution < 1.29 is 14.1 Å². The first-order chi connectivity index (χ1) is 15.2. The second kappa shape index (κ2) is 8.53. The highest BCUT2D eigenvalue weighted by Gasteiger charge is 2.31. The number of benzene rings is 1. The maximum atomic E-state index is 12.9. The number of nitrogens with zero attached hydrogens (tertiary/aromatic N) is 3. The molecule has 0 bridgehead atoms. The number of aromatic amines is 1. The quantitative estimate of drug-likeness (QED) is 0.660. The first-order valence-corrected chi connectivity index (χ1v) is 11.2. The number of likely N-dealkylation sites (tertiary alicyclic amines) is 1. The van der Waals surface area contributed by atoms with Gasteiger partial charge in [0.05, 0.1) is 17.4 Å². The number of anilines is 1. The van der Waals surface area contributed by atoms with Crippen molar-refractivity contribution in [3.63, 3.8) is 0 Å². The van der Waals surface area contributed by atoms with Gasteiger partial charge in [0, 0.05) is 42.1 Å². The number of rotatable bonds is 4. The van der Waals surface area contributed by atoms with E-state index in [1.54, 1.807) is 12.3 Å². The fourth-order valence-corrected chi connectivity index (χ4v) is 4.82. The standard InChI is InChI=1S/C23H27N5O3/c29-22(25-18-9-8-16-13-24-26-19(16)11-18)21-12-20(27-31-21)17-7-4-10-28(14-17)23(30)15-5-2-1-3-6-15/h8-9,11-13,15,17H,1-7,10,14H2,(H,24,26)(H,25,29). The molecule has 8 heteroatoms. The molecule has 162 valence electrons. The van der Waals surface area contributed by atoms with Gasteiger partial charge >= 0.3 is 0 Å². The van der Waals surface area contributed by atoms with E-state index in [9.17, 15) is 9.59 Å². The molecule has 8 nitrogen and oxygen atoms in total. The summed E-state index contributed by atoms with van der Waals surface area (Å²) in [5.74, 6) is 0.408. The molecule has 1 aliphatic heterocycles. The second-order valence-electron chi connectivity index (χ2n) is 8.70. The lowest BCUT2D eigenvalue weighted by molar-refractivity contribution is -0.137. The van der Waals surface area contributed by atoms with Crippen molar-refractivity contribution in [3.05, 3.63) is 41.9 Å². The lowest BCUT2D eigenvalue weighted by Crippen LogP contribution is -2.42. The Bertz CT molecular complexity index is 1080. The van der Waals surface area contributed by atoms with E-state index in [1.165, 1.54) is 6.42 Å². The summed E-state index contributed by atoms with van der Waals surface area (Å²) in [6.07, 6.45) is 9.20. The Labute approximate surface area is 180 Å². The number of H-pyrrole nitrogens is 1. The molecule has 5 rings (SSSR count). The van der Waals surface area contributed by atoms with Crippen LogP contribution in [0.25, 0.3) is 10.9 Å². The van der Waals surface area contributed by atoms with Gasteiger partial charge in [0.1, 0.15) is 0 Å². The predicted octanol–water partition coefficient (Wildman–Crippen LogP) is 4.09. The van der Waals surface area contributed by atoms with Gasteiger partial charge in [-0.3, -0.25) is 14.7 Å². The molecule has 3 heterocycles. The Kier molecular flexibility index (Phi) is 5.44. The summed E-state index contributed by atoms with van der Waals surface area (Å²) in [7, 11) is 0. The van der Waals surface area contributed by atoms with Crippen LogP contribution in [0.1, 0.15) is 67.1 Å². The molecule has 2 amide bonds. The molecule has 31 heavy (non-hydrogen) atoms. The Balaban J connectivity index is 1.23. The second-order valence-corrected chi connectivity index (χ2v) is 8.70. The molecule has 1 aromatic carbocycles. The van der Waals surface area contributed by atoms with Gasteiger partial charge in [0.15, 0.2) is 0 Å². The first kappa shape index (κ1) is 19.8. The average Bonchev–Trinajstić information content (AvgIpc) is 3.49. The molecule has 0 spiro atoms. The molecule has 1 saturated carbocycles. The van der Waals surface area contributed by atoms with E-state index in [4.69, 9.17) is 4.52 Å². The molecular formula is C23H27N5O3. The third kappa shape index (κ3) is 4.19. The van der Waals surface area contributed by atoms with Crippen molar-refractivity contribution in [2.75, 3.05) is 18.4 Å². The van der Waals surface area contributed by atoms with Crippen LogP contribution < -0.4 is 5.32 Å².